The number of imide groups is 2. The van der Waals surface area contributed by atoms with Gasteiger partial charge in [-0.3, -0.25) is 39.1 Å². The van der Waals surface area contributed by atoms with E-state index in [1.54, 1.807) is 42.7 Å². The number of hydrogen-bond donors (Lipinski definition) is 2. The highest BCUT2D eigenvalue weighted by atomic mass is 16.5. The van der Waals surface area contributed by atoms with Gasteiger partial charge >= 0.3 is 0 Å². The molecule has 5 aliphatic rings. The molecule has 344 valence electrons. The van der Waals surface area contributed by atoms with Crippen LogP contribution >= 0.6 is 0 Å². The molecule has 1 aromatic heterocycles. The van der Waals surface area contributed by atoms with Crippen LogP contribution in [0.5, 0.6) is 23.0 Å². The average molecular weight is 891 g/mol. The number of fused-ring (bicyclic) bond motifs is 1. The van der Waals surface area contributed by atoms with E-state index in [4.69, 9.17) is 18.9 Å². The Balaban J connectivity index is 0.811. The average Bonchev–Trinajstić information content (AvgIpc) is 3.52. The third kappa shape index (κ3) is 8.44. The minimum atomic E-state index is -1.07. The summed E-state index contributed by atoms with van der Waals surface area (Å²) in [5.41, 5.74) is 0.0745. The summed E-state index contributed by atoms with van der Waals surface area (Å²) >= 11 is 0. The first-order valence-corrected chi connectivity index (χ1v) is 22.4. The van der Waals surface area contributed by atoms with E-state index in [1.165, 1.54) is 14.2 Å². The molecule has 3 aromatic rings. The van der Waals surface area contributed by atoms with Crippen LogP contribution in [-0.2, 0) is 9.59 Å². The van der Waals surface area contributed by atoms with E-state index >= 15 is 0 Å². The van der Waals surface area contributed by atoms with Crippen molar-refractivity contribution in [1.82, 2.24) is 30.4 Å². The molecule has 8 rings (SSSR count). The molecule has 2 saturated heterocycles. The zero-order valence-corrected chi connectivity index (χ0v) is 38.3. The second-order valence-electron chi connectivity index (χ2n) is 19.4. The topological polar surface area (TPSA) is 206 Å². The number of carbonyl (C=O) groups excluding carboxylic acids is 5. The number of methoxy groups -OCH3 is 2. The zero-order chi connectivity index (χ0) is 46.5. The highest BCUT2D eigenvalue weighted by Crippen LogP contribution is 2.55. The van der Waals surface area contributed by atoms with Crippen LogP contribution in [0.2, 0.25) is 0 Å². The molecule has 2 saturated carbocycles. The molecule has 1 atom stereocenters. The zero-order valence-electron chi connectivity index (χ0n) is 38.3. The quantitative estimate of drug-likeness (QED) is 0.206. The molecule has 2 aliphatic carbocycles. The van der Waals surface area contributed by atoms with Crippen LogP contribution in [0.3, 0.4) is 0 Å². The molecule has 65 heavy (non-hydrogen) atoms. The van der Waals surface area contributed by atoms with Gasteiger partial charge in [-0.05, 0) is 57.2 Å². The maximum Gasteiger partial charge on any atom is 0.271 e. The fourth-order valence-corrected chi connectivity index (χ4v) is 10.9. The van der Waals surface area contributed by atoms with Crippen LogP contribution in [0.15, 0.2) is 42.7 Å². The van der Waals surface area contributed by atoms with E-state index in [0.29, 0.717) is 40.8 Å². The second-order valence-corrected chi connectivity index (χ2v) is 19.4. The summed E-state index contributed by atoms with van der Waals surface area (Å²) in [6.45, 7) is 15.3. The first kappa shape index (κ1) is 45.3. The van der Waals surface area contributed by atoms with E-state index in [2.05, 4.69) is 78.0 Å². The molecule has 4 heterocycles. The van der Waals surface area contributed by atoms with Gasteiger partial charge in [0.05, 0.1) is 43.3 Å². The maximum absolute atomic E-state index is 13.5. The first-order chi connectivity index (χ1) is 30.9. The lowest BCUT2D eigenvalue weighted by atomic mass is 9.49. The predicted octanol–water partition coefficient (Wildman–Crippen LogP) is 4.92. The first-order valence-electron chi connectivity index (χ1n) is 22.4. The molecule has 0 bridgehead atoms. The van der Waals surface area contributed by atoms with Gasteiger partial charge in [-0.25, -0.2) is 9.97 Å². The third-order valence-electron chi connectivity index (χ3n) is 14.1. The van der Waals surface area contributed by atoms with Crippen molar-refractivity contribution in [1.29, 1.82) is 5.26 Å². The van der Waals surface area contributed by atoms with E-state index in [0.717, 1.165) is 56.0 Å². The van der Waals surface area contributed by atoms with E-state index in [9.17, 15) is 29.2 Å². The van der Waals surface area contributed by atoms with Crippen molar-refractivity contribution in [2.24, 2.45) is 16.7 Å². The molecule has 5 amide bonds. The van der Waals surface area contributed by atoms with Gasteiger partial charge in [0.15, 0.2) is 0 Å². The smallest absolute Gasteiger partial charge is 0.271 e. The highest BCUT2D eigenvalue weighted by molar-refractivity contribution is 6.24. The fraction of sp³-hybridized carbons (Fsp3) is 0.542. The maximum atomic E-state index is 13.5. The molecule has 0 radical (unpaired) electrons. The van der Waals surface area contributed by atoms with Gasteiger partial charge in [0, 0.05) is 80.0 Å². The van der Waals surface area contributed by atoms with E-state index < -0.39 is 40.5 Å². The molecular formula is C48H58N8O9. The second kappa shape index (κ2) is 17.6. The minimum absolute atomic E-state index is 0.0388. The van der Waals surface area contributed by atoms with Crippen molar-refractivity contribution >= 4 is 35.4 Å². The Kier molecular flexibility index (Phi) is 12.3. The van der Waals surface area contributed by atoms with Gasteiger partial charge in [-0.2, -0.15) is 5.26 Å². The Morgan fingerprint density at radius 2 is 1.62 bits per heavy atom. The van der Waals surface area contributed by atoms with Crippen molar-refractivity contribution in [2.45, 2.75) is 116 Å². The van der Waals surface area contributed by atoms with Gasteiger partial charge in [0.25, 0.3) is 17.7 Å². The molecule has 17 nitrogen and oxygen atoms in total. The SMILES string of the molecule is COc1cc(OC2C(C)(C)C(NC(=O)c3cnc(N4CCC(CN(C(C)C)C5CC(Oc6cc(OC)c7c(c6)C(=O)N(C6CCC(=O)NC6=O)C7=O)C5)CC4)cn3)C2(C)C)ccc1C#N. The van der Waals surface area contributed by atoms with Crippen molar-refractivity contribution in [3.8, 4) is 29.1 Å². The molecule has 1 unspecified atom stereocenters. The summed E-state index contributed by atoms with van der Waals surface area (Å²) in [5, 5.41) is 14.8. The number of hydrogen-bond acceptors (Lipinski definition) is 14. The molecule has 2 aromatic carbocycles. The van der Waals surface area contributed by atoms with Crippen molar-refractivity contribution in [3.63, 3.8) is 0 Å². The van der Waals surface area contributed by atoms with Crippen molar-refractivity contribution in [2.75, 3.05) is 38.8 Å². The summed E-state index contributed by atoms with van der Waals surface area (Å²) in [4.78, 5) is 79.6. The Labute approximate surface area is 379 Å². The molecule has 3 aliphatic heterocycles. The van der Waals surface area contributed by atoms with E-state index in [1.807, 2.05) is 0 Å². The van der Waals surface area contributed by atoms with Crippen molar-refractivity contribution < 1.29 is 42.9 Å². The largest absolute Gasteiger partial charge is 0.496 e. The van der Waals surface area contributed by atoms with Crippen LogP contribution < -0.4 is 34.5 Å². The molecule has 4 fully saturated rings. The standard InChI is InChI=1S/C48H58N8O9/c1-26(2)55(29-17-31(18-29)64-32-19-33-40(37(21-32)63-8)44(61)56(43(33)60)35-11-12-39(57)52-42(35)59)25-27-13-15-54(16-14-27)38-24-50-34(23-51-38)41(58)53-45-47(3,4)46(48(45,5)6)65-30-10-9-28(22-49)36(20-30)62-7/h9-10,19-21,23-24,26-27,29,31,35,45-46H,11-18,25H2,1-8H3,(H,53,58)(H,52,57,59). The number of benzene rings is 2. The lowest BCUT2D eigenvalue weighted by molar-refractivity contribution is -0.164. The van der Waals surface area contributed by atoms with Crippen molar-refractivity contribution in [3.05, 3.63) is 65.1 Å². The number of carbonyl (C=O) groups is 5. The minimum Gasteiger partial charge on any atom is -0.496 e. The van der Waals surface area contributed by atoms with Gasteiger partial charge in [0.1, 0.15) is 58.8 Å². The van der Waals surface area contributed by atoms with Crippen LogP contribution in [0, 0.1) is 28.1 Å². The summed E-state index contributed by atoms with van der Waals surface area (Å²) in [5.74, 6) is 0.277. The number of aromatic nitrogens is 2. The lowest BCUT2D eigenvalue weighted by Crippen LogP contribution is -2.74. The number of ether oxygens (including phenoxy) is 4. The number of nitrogens with one attached hydrogen (secondary N) is 2. The van der Waals surface area contributed by atoms with Crippen LogP contribution in [0.1, 0.15) is 117 Å². The normalized spacial score (nSPS) is 24.7. The van der Waals surface area contributed by atoms with Gasteiger partial charge < -0.3 is 29.2 Å². The molecule has 0 spiro atoms. The molecular weight excluding hydrogens is 833 g/mol. The monoisotopic (exact) mass is 890 g/mol. The summed E-state index contributed by atoms with van der Waals surface area (Å²) in [7, 11) is 2.94. The van der Waals surface area contributed by atoms with Crippen LogP contribution in [0.4, 0.5) is 5.82 Å². The number of amides is 5. The number of rotatable bonds is 14. The van der Waals surface area contributed by atoms with Gasteiger partial charge in [-0.15, -0.1) is 0 Å². The number of anilines is 1. The Morgan fingerprint density at radius 1 is 0.923 bits per heavy atom. The van der Waals surface area contributed by atoms with Gasteiger partial charge in [-0.1, -0.05) is 27.7 Å². The number of piperidine rings is 2. The number of nitrogens with zero attached hydrogens (tertiary/aromatic N) is 6. The molecule has 2 N–H and O–H groups in total. The predicted molar refractivity (Wildman–Crippen MR) is 237 cm³/mol. The summed E-state index contributed by atoms with van der Waals surface area (Å²) < 4.78 is 23.7. The lowest BCUT2D eigenvalue weighted by Gasteiger charge is -2.63. The third-order valence-corrected chi connectivity index (χ3v) is 14.1. The number of nitriles is 1. The van der Waals surface area contributed by atoms with Crippen LogP contribution in [0.25, 0.3) is 0 Å². The highest BCUT2D eigenvalue weighted by Gasteiger charge is 2.64. The van der Waals surface area contributed by atoms with Crippen LogP contribution in [-0.4, -0.2) is 120 Å². The summed E-state index contributed by atoms with van der Waals surface area (Å²) in [6.07, 6.45) is 6.62. The Hall–Kier alpha value is -6.28. The van der Waals surface area contributed by atoms with Gasteiger partial charge in [0.2, 0.25) is 11.8 Å². The molecule has 17 heteroatoms. The fourth-order valence-electron chi connectivity index (χ4n) is 10.9. The Morgan fingerprint density at radius 3 is 2.23 bits per heavy atom. The Bertz CT molecular complexity index is 2400. The summed E-state index contributed by atoms with van der Waals surface area (Å²) in [6, 6.07) is 9.84. The van der Waals surface area contributed by atoms with E-state index in [-0.39, 0.29) is 59.6 Å².